The number of aliphatic hydroxyl groups excluding tert-OH is 1. The fourth-order valence-corrected chi connectivity index (χ4v) is 2.06. The number of aliphatic carboxylic acids is 1. The molecule has 1 rings (SSSR count). The quantitative estimate of drug-likeness (QED) is 0.759. The SMILES string of the molecule is CCOc1cccc(CCCBr)c1C(O)C(=O)O. The van der Waals surface area contributed by atoms with E-state index in [4.69, 9.17) is 9.84 Å². The van der Waals surface area contributed by atoms with E-state index in [1.807, 2.05) is 19.1 Å². The third-order valence-corrected chi connectivity index (χ3v) is 3.10. The molecule has 100 valence electrons. The van der Waals surface area contributed by atoms with Gasteiger partial charge in [-0.2, -0.15) is 0 Å². The topological polar surface area (TPSA) is 66.8 Å². The number of ether oxygens (including phenoxy) is 1. The average molecular weight is 317 g/mol. The van der Waals surface area contributed by atoms with E-state index >= 15 is 0 Å². The minimum Gasteiger partial charge on any atom is -0.493 e. The van der Waals surface area contributed by atoms with Gasteiger partial charge in [0.15, 0.2) is 6.10 Å². The molecule has 0 amide bonds. The lowest BCUT2D eigenvalue weighted by Gasteiger charge is -2.17. The van der Waals surface area contributed by atoms with Crippen molar-refractivity contribution in [1.82, 2.24) is 0 Å². The van der Waals surface area contributed by atoms with Gasteiger partial charge >= 0.3 is 5.97 Å². The zero-order chi connectivity index (χ0) is 13.5. The highest BCUT2D eigenvalue weighted by molar-refractivity contribution is 9.09. The van der Waals surface area contributed by atoms with Crippen LogP contribution in [0.25, 0.3) is 0 Å². The predicted octanol–water partition coefficient (Wildman–Crippen LogP) is 2.53. The summed E-state index contributed by atoms with van der Waals surface area (Å²) < 4.78 is 5.39. The lowest BCUT2D eigenvalue weighted by atomic mass is 9.98. The molecule has 0 bridgehead atoms. The van der Waals surface area contributed by atoms with Crippen LogP contribution in [-0.2, 0) is 11.2 Å². The van der Waals surface area contributed by atoms with Gasteiger partial charge in [0.2, 0.25) is 0 Å². The molecule has 1 aromatic rings. The molecule has 0 saturated heterocycles. The van der Waals surface area contributed by atoms with Crippen molar-refractivity contribution in [3.63, 3.8) is 0 Å². The molecule has 18 heavy (non-hydrogen) atoms. The van der Waals surface area contributed by atoms with Crippen molar-refractivity contribution in [1.29, 1.82) is 0 Å². The number of halogens is 1. The zero-order valence-corrected chi connectivity index (χ0v) is 11.8. The Morgan fingerprint density at radius 3 is 2.78 bits per heavy atom. The van der Waals surface area contributed by atoms with Crippen LogP contribution in [0.5, 0.6) is 5.75 Å². The number of carboxylic acids is 1. The van der Waals surface area contributed by atoms with E-state index < -0.39 is 12.1 Å². The summed E-state index contributed by atoms with van der Waals surface area (Å²) >= 11 is 3.34. The Labute approximate surface area is 115 Å². The number of carbonyl (C=O) groups is 1. The van der Waals surface area contributed by atoms with Gasteiger partial charge in [-0.3, -0.25) is 0 Å². The molecule has 0 aliphatic heterocycles. The highest BCUT2D eigenvalue weighted by atomic mass is 79.9. The standard InChI is InChI=1S/C13H17BrO4/c1-2-18-10-7-3-5-9(6-4-8-14)11(10)12(15)13(16)17/h3,5,7,12,15H,2,4,6,8H2,1H3,(H,16,17). The number of hydrogen-bond donors (Lipinski definition) is 2. The summed E-state index contributed by atoms with van der Waals surface area (Å²) in [6.07, 6.45) is 0.0267. The van der Waals surface area contributed by atoms with Crippen molar-refractivity contribution in [2.75, 3.05) is 11.9 Å². The molecule has 2 N–H and O–H groups in total. The summed E-state index contributed by atoms with van der Waals surface area (Å²) in [6.45, 7) is 2.25. The van der Waals surface area contributed by atoms with Crippen molar-refractivity contribution in [3.8, 4) is 5.75 Å². The number of rotatable bonds is 7. The second-order valence-corrected chi connectivity index (χ2v) is 4.59. The van der Waals surface area contributed by atoms with E-state index in [9.17, 15) is 9.90 Å². The normalized spacial score (nSPS) is 12.2. The van der Waals surface area contributed by atoms with Crippen LogP contribution >= 0.6 is 15.9 Å². The Morgan fingerprint density at radius 1 is 1.50 bits per heavy atom. The summed E-state index contributed by atoms with van der Waals surface area (Å²) in [5.41, 5.74) is 1.18. The first-order chi connectivity index (χ1) is 8.61. The van der Waals surface area contributed by atoms with Gasteiger partial charge in [0.05, 0.1) is 6.61 Å². The maximum Gasteiger partial charge on any atom is 0.337 e. The van der Waals surface area contributed by atoms with E-state index in [1.165, 1.54) is 0 Å². The zero-order valence-electron chi connectivity index (χ0n) is 10.2. The Bertz CT molecular complexity index is 406. The molecule has 4 nitrogen and oxygen atoms in total. The van der Waals surface area contributed by atoms with E-state index in [1.54, 1.807) is 6.07 Å². The summed E-state index contributed by atoms with van der Waals surface area (Å²) in [7, 11) is 0. The molecular weight excluding hydrogens is 300 g/mol. The van der Waals surface area contributed by atoms with Crippen LogP contribution in [-0.4, -0.2) is 28.1 Å². The fourth-order valence-electron chi connectivity index (χ4n) is 1.78. The Morgan fingerprint density at radius 2 is 2.22 bits per heavy atom. The highest BCUT2D eigenvalue weighted by Gasteiger charge is 2.23. The smallest absolute Gasteiger partial charge is 0.337 e. The average Bonchev–Trinajstić information content (AvgIpc) is 2.36. The number of benzene rings is 1. The Hall–Kier alpha value is -1.07. The molecule has 0 fully saturated rings. The van der Waals surface area contributed by atoms with E-state index in [0.29, 0.717) is 24.3 Å². The van der Waals surface area contributed by atoms with Crippen molar-refractivity contribution in [3.05, 3.63) is 29.3 Å². The number of hydrogen-bond acceptors (Lipinski definition) is 3. The number of aryl methyl sites for hydroxylation is 1. The molecule has 0 aromatic heterocycles. The Kier molecular flexibility index (Phi) is 6.15. The second kappa shape index (κ2) is 7.38. The summed E-state index contributed by atoms with van der Waals surface area (Å²) in [5, 5.41) is 19.6. The minimum atomic E-state index is -1.54. The summed E-state index contributed by atoms with van der Waals surface area (Å²) in [6, 6.07) is 5.32. The third kappa shape index (κ3) is 3.71. The number of carboxylic acid groups (broad SMARTS) is 1. The van der Waals surface area contributed by atoms with Crippen LogP contribution in [0.4, 0.5) is 0 Å². The maximum atomic E-state index is 11.0. The molecule has 0 spiro atoms. The van der Waals surface area contributed by atoms with Crippen molar-refractivity contribution in [2.24, 2.45) is 0 Å². The molecule has 0 aliphatic rings. The van der Waals surface area contributed by atoms with Crippen LogP contribution in [0.3, 0.4) is 0 Å². The molecule has 1 unspecified atom stereocenters. The molecule has 5 heteroatoms. The van der Waals surface area contributed by atoms with Gasteiger partial charge in [0.25, 0.3) is 0 Å². The van der Waals surface area contributed by atoms with Gasteiger partial charge in [-0.1, -0.05) is 28.1 Å². The molecule has 0 heterocycles. The highest BCUT2D eigenvalue weighted by Crippen LogP contribution is 2.30. The van der Waals surface area contributed by atoms with Crippen LogP contribution in [0.1, 0.15) is 30.6 Å². The van der Waals surface area contributed by atoms with Crippen LogP contribution in [0.2, 0.25) is 0 Å². The molecule has 0 radical (unpaired) electrons. The van der Waals surface area contributed by atoms with Gasteiger partial charge in [-0.25, -0.2) is 4.79 Å². The van der Waals surface area contributed by atoms with Gasteiger partial charge in [0, 0.05) is 10.9 Å². The first-order valence-corrected chi connectivity index (χ1v) is 6.95. The van der Waals surface area contributed by atoms with Crippen LogP contribution in [0.15, 0.2) is 18.2 Å². The molecular formula is C13H17BrO4. The molecule has 0 saturated carbocycles. The van der Waals surface area contributed by atoms with Crippen molar-refractivity contribution >= 4 is 21.9 Å². The summed E-state index contributed by atoms with van der Waals surface area (Å²) in [4.78, 5) is 11.0. The lowest BCUT2D eigenvalue weighted by Crippen LogP contribution is -2.14. The Balaban J connectivity index is 3.15. The lowest BCUT2D eigenvalue weighted by molar-refractivity contribution is -0.147. The second-order valence-electron chi connectivity index (χ2n) is 3.80. The summed E-state index contributed by atoms with van der Waals surface area (Å²) in [5.74, 6) is -0.818. The van der Waals surface area contributed by atoms with Crippen LogP contribution < -0.4 is 4.74 Å². The monoisotopic (exact) mass is 316 g/mol. The molecule has 1 atom stereocenters. The first-order valence-electron chi connectivity index (χ1n) is 5.83. The van der Waals surface area contributed by atoms with Gasteiger partial charge in [-0.05, 0) is 31.4 Å². The van der Waals surface area contributed by atoms with Crippen molar-refractivity contribution in [2.45, 2.75) is 25.9 Å². The largest absolute Gasteiger partial charge is 0.493 e. The van der Waals surface area contributed by atoms with Gasteiger partial charge in [-0.15, -0.1) is 0 Å². The van der Waals surface area contributed by atoms with Crippen molar-refractivity contribution < 1.29 is 19.7 Å². The predicted molar refractivity (Wildman–Crippen MR) is 72.3 cm³/mol. The number of alkyl halides is 1. The maximum absolute atomic E-state index is 11.0. The minimum absolute atomic E-state index is 0.368. The van der Waals surface area contributed by atoms with E-state index in [0.717, 1.165) is 17.3 Å². The van der Waals surface area contributed by atoms with Crippen LogP contribution in [0, 0.1) is 0 Å². The van der Waals surface area contributed by atoms with E-state index in [-0.39, 0.29) is 0 Å². The van der Waals surface area contributed by atoms with E-state index in [2.05, 4.69) is 15.9 Å². The molecule has 1 aromatic carbocycles. The third-order valence-electron chi connectivity index (χ3n) is 2.54. The first kappa shape index (κ1) is 15.0. The van der Waals surface area contributed by atoms with Gasteiger partial charge in [0.1, 0.15) is 5.75 Å². The number of aliphatic hydroxyl groups is 1. The van der Waals surface area contributed by atoms with Gasteiger partial charge < -0.3 is 14.9 Å². The fraction of sp³-hybridized carbons (Fsp3) is 0.462. The molecule has 0 aliphatic carbocycles.